The Hall–Kier alpha value is -0.770. The highest BCUT2D eigenvalue weighted by Crippen LogP contribution is 2.18. The first-order valence-electron chi connectivity index (χ1n) is 8.93. The summed E-state index contributed by atoms with van der Waals surface area (Å²) in [4.78, 5) is 14.6. The van der Waals surface area contributed by atoms with Crippen LogP contribution in [-0.2, 0) is 0 Å². The first-order chi connectivity index (χ1) is 10.1. The van der Waals surface area contributed by atoms with Gasteiger partial charge in [-0.05, 0) is 51.1 Å². The van der Waals surface area contributed by atoms with Gasteiger partial charge in [0.15, 0.2) is 0 Å². The minimum absolute atomic E-state index is 0.0369. The predicted molar refractivity (Wildman–Crippen MR) is 87.5 cm³/mol. The van der Waals surface area contributed by atoms with Crippen LogP contribution < -0.4 is 10.6 Å². The fourth-order valence-electron chi connectivity index (χ4n) is 3.71. The molecule has 0 bridgehead atoms. The lowest BCUT2D eigenvalue weighted by Gasteiger charge is -2.30. The Morgan fingerprint density at radius 1 is 1.10 bits per heavy atom. The molecule has 21 heavy (non-hydrogen) atoms. The number of hydrogen-bond donors (Lipinski definition) is 2. The Morgan fingerprint density at radius 3 is 2.38 bits per heavy atom. The van der Waals surface area contributed by atoms with Gasteiger partial charge in [-0.25, -0.2) is 4.79 Å². The van der Waals surface area contributed by atoms with Crippen molar-refractivity contribution in [1.29, 1.82) is 0 Å². The van der Waals surface area contributed by atoms with Crippen LogP contribution in [-0.4, -0.2) is 42.6 Å². The molecule has 1 atom stereocenters. The maximum absolute atomic E-state index is 12.1. The van der Waals surface area contributed by atoms with Crippen molar-refractivity contribution in [3.8, 4) is 0 Å². The number of likely N-dealkylation sites (tertiary alicyclic amines) is 1. The van der Waals surface area contributed by atoms with Crippen molar-refractivity contribution in [2.75, 3.05) is 19.6 Å². The van der Waals surface area contributed by atoms with Gasteiger partial charge in [-0.2, -0.15) is 0 Å². The van der Waals surface area contributed by atoms with Crippen molar-refractivity contribution in [3.05, 3.63) is 0 Å². The van der Waals surface area contributed by atoms with Gasteiger partial charge < -0.3 is 10.6 Å². The van der Waals surface area contributed by atoms with E-state index >= 15 is 0 Å². The monoisotopic (exact) mass is 295 g/mol. The molecule has 2 rings (SSSR count). The van der Waals surface area contributed by atoms with E-state index in [-0.39, 0.29) is 6.03 Å². The highest BCUT2D eigenvalue weighted by atomic mass is 16.2. The number of hydrogen-bond acceptors (Lipinski definition) is 2. The van der Waals surface area contributed by atoms with E-state index in [0.29, 0.717) is 18.0 Å². The lowest BCUT2D eigenvalue weighted by molar-refractivity contribution is 0.199. The minimum atomic E-state index is 0.0369. The summed E-state index contributed by atoms with van der Waals surface area (Å²) in [6, 6.07) is 0.938. The van der Waals surface area contributed by atoms with Crippen LogP contribution in [0.5, 0.6) is 0 Å². The highest BCUT2D eigenvalue weighted by Gasteiger charge is 2.23. The summed E-state index contributed by atoms with van der Waals surface area (Å²) in [5, 5.41) is 6.27. The molecule has 0 aromatic rings. The number of rotatable bonds is 6. The van der Waals surface area contributed by atoms with E-state index in [1.54, 1.807) is 0 Å². The molecule has 2 amide bonds. The van der Waals surface area contributed by atoms with Gasteiger partial charge in [-0.1, -0.05) is 33.1 Å². The third kappa shape index (κ3) is 5.85. The summed E-state index contributed by atoms with van der Waals surface area (Å²) in [6.07, 6.45) is 9.92. The van der Waals surface area contributed by atoms with Crippen molar-refractivity contribution < 1.29 is 4.79 Å². The summed E-state index contributed by atoms with van der Waals surface area (Å²) in [5.41, 5.74) is 0. The quantitative estimate of drug-likeness (QED) is 0.790. The van der Waals surface area contributed by atoms with Crippen LogP contribution in [0.15, 0.2) is 0 Å². The molecule has 1 heterocycles. The van der Waals surface area contributed by atoms with Crippen LogP contribution in [0.4, 0.5) is 4.79 Å². The first kappa shape index (κ1) is 16.6. The molecular formula is C17H33N3O. The summed E-state index contributed by atoms with van der Waals surface area (Å²) in [7, 11) is 0. The van der Waals surface area contributed by atoms with E-state index in [0.717, 1.165) is 19.4 Å². The smallest absolute Gasteiger partial charge is 0.315 e. The molecule has 1 unspecified atom stereocenters. The maximum Gasteiger partial charge on any atom is 0.315 e. The van der Waals surface area contributed by atoms with E-state index in [1.807, 2.05) is 0 Å². The Balaban J connectivity index is 1.72. The molecule has 2 N–H and O–H groups in total. The number of carbonyl (C=O) groups is 1. The molecule has 1 saturated carbocycles. The van der Waals surface area contributed by atoms with E-state index in [2.05, 4.69) is 29.4 Å². The molecule has 0 aromatic heterocycles. The van der Waals surface area contributed by atoms with Gasteiger partial charge in [0, 0.05) is 18.6 Å². The van der Waals surface area contributed by atoms with E-state index in [9.17, 15) is 4.79 Å². The molecule has 2 fully saturated rings. The molecule has 0 radical (unpaired) electrons. The third-order valence-corrected chi connectivity index (χ3v) is 4.84. The number of amides is 2. The first-order valence-corrected chi connectivity index (χ1v) is 8.93. The molecule has 0 aromatic carbocycles. The molecule has 1 saturated heterocycles. The van der Waals surface area contributed by atoms with Gasteiger partial charge in [0.05, 0.1) is 0 Å². The normalized spacial score (nSPS) is 22.4. The molecule has 0 spiro atoms. The predicted octanol–water partition coefficient (Wildman–Crippen LogP) is 3.13. The number of nitrogens with one attached hydrogen (secondary N) is 2. The molecular weight excluding hydrogens is 262 g/mol. The molecule has 2 aliphatic rings. The third-order valence-electron chi connectivity index (χ3n) is 4.84. The second kappa shape index (κ2) is 8.62. The standard InChI is InChI=1S/C17H33N3O/c1-14(2)12-16(20-10-6-7-11-20)13-18-17(21)19-15-8-4-3-5-9-15/h14-16H,3-13H2,1-2H3,(H2,18,19,21). The van der Waals surface area contributed by atoms with Gasteiger partial charge >= 0.3 is 6.03 Å². The summed E-state index contributed by atoms with van der Waals surface area (Å²) >= 11 is 0. The number of nitrogens with zero attached hydrogens (tertiary/aromatic N) is 1. The van der Waals surface area contributed by atoms with Crippen molar-refractivity contribution >= 4 is 6.03 Å². The lowest BCUT2D eigenvalue weighted by atomic mass is 9.96. The van der Waals surface area contributed by atoms with Crippen LogP contribution >= 0.6 is 0 Å². The largest absolute Gasteiger partial charge is 0.337 e. The Labute approximate surface area is 130 Å². The Morgan fingerprint density at radius 2 is 1.76 bits per heavy atom. The van der Waals surface area contributed by atoms with Crippen LogP contribution in [0.25, 0.3) is 0 Å². The topological polar surface area (TPSA) is 44.4 Å². The Kier molecular flexibility index (Phi) is 6.81. The average molecular weight is 295 g/mol. The zero-order chi connectivity index (χ0) is 15.1. The molecule has 1 aliphatic carbocycles. The molecule has 122 valence electrons. The molecule has 4 heteroatoms. The van der Waals surface area contributed by atoms with Crippen LogP contribution in [0, 0.1) is 5.92 Å². The van der Waals surface area contributed by atoms with Gasteiger partial charge in [0.2, 0.25) is 0 Å². The van der Waals surface area contributed by atoms with Crippen molar-refractivity contribution in [1.82, 2.24) is 15.5 Å². The summed E-state index contributed by atoms with van der Waals surface area (Å²) in [6.45, 7) is 7.72. The molecule has 1 aliphatic heterocycles. The maximum atomic E-state index is 12.1. The zero-order valence-corrected chi connectivity index (χ0v) is 13.9. The van der Waals surface area contributed by atoms with E-state index in [4.69, 9.17) is 0 Å². The van der Waals surface area contributed by atoms with Crippen LogP contribution in [0.1, 0.15) is 65.2 Å². The second-order valence-electron chi connectivity index (χ2n) is 7.22. The average Bonchev–Trinajstić information content (AvgIpc) is 2.98. The fourth-order valence-corrected chi connectivity index (χ4v) is 3.71. The van der Waals surface area contributed by atoms with Crippen molar-refractivity contribution in [3.63, 3.8) is 0 Å². The number of carbonyl (C=O) groups excluding carboxylic acids is 1. The van der Waals surface area contributed by atoms with Gasteiger partial charge in [-0.15, -0.1) is 0 Å². The SMILES string of the molecule is CC(C)CC(CNC(=O)NC1CCCCC1)N1CCCC1. The lowest BCUT2D eigenvalue weighted by Crippen LogP contribution is -2.48. The van der Waals surface area contributed by atoms with E-state index in [1.165, 1.54) is 51.6 Å². The summed E-state index contributed by atoms with van der Waals surface area (Å²) in [5.74, 6) is 0.679. The second-order valence-corrected chi connectivity index (χ2v) is 7.22. The van der Waals surface area contributed by atoms with Crippen molar-refractivity contribution in [2.24, 2.45) is 5.92 Å². The zero-order valence-electron chi connectivity index (χ0n) is 13.9. The van der Waals surface area contributed by atoms with E-state index < -0.39 is 0 Å². The minimum Gasteiger partial charge on any atom is -0.337 e. The number of urea groups is 1. The van der Waals surface area contributed by atoms with Gasteiger partial charge in [-0.3, -0.25) is 4.90 Å². The van der Waals surface area contributed by atoms with Crippen LogP contribution in [0.3, 0.4) is 0 Å². The fraction of sp³-hybridized carbons (Fsp3) is 0.941. The summed E-state index contributed by atoms with van der Waals surface area (Å²) < 4.78 is 0. The van der Waals surface area contributed by atoms with Gasteiger partial charge in [0.1, 0.15) is 0 Å². The van der Waals surface area contributed by atoms with Crippen LogP contribution in [0.2, 0.25) is 0 Å². The van der Waals surface area contributed by atoms with Gasteiger partial charge in [0.25, 0.3) is 0 Å². The molecule has 4 nitrogen and oxygen atoms in total. The van der Waals surface area contributed by atoms with Crippen molar-refractivity contribution in [2.45, 2.75) is 77.3 Å². The Bertz CT molecular complexity index is 307. The highest BCUT2D eigenvalue weighted by molar-refractivity contribution is 5.74.